The SMILES string of the molecule is CN(C)C(=O)N1CCC2(CC1)OCC[C@H]2CCOc1cccnc1. The Bertz CT molecular complexity index is 542. The maximum atomic E-state index is 12.1. The molecule has 0 aromatic carbocycles. The highest BCUT2D eigenvalue weighted by Gasteiger charge is 2.46. The van der Waals surface area contributed by atoms with Crippen molar-refractivity contribution in [1.29, 1.82) is 0 Å². The first-order valence-corrected chi connectivity index (χ1v) is 8.74. The lowest BCUT2D eigenvalue weighted by Gasteiger charge is -2.42. The number of urea groups is 1. The molecular formula is C18H27N3O3. The van der Waals surface area contributed by atoms with Gasteiger partial charge in [-0.1, -0.05) is 0 Å². The topological polar surface area (TPSA) is 54.9 Å². The number of nitrogens with zero attached hydrogens (tertiary/aromatic N) is 3. The van der Waals surface area contributed by atoms with Crippen LogP contribution in [0.5, 0.6) is 5.75 Å². The van der Waals surface area contributed by atoms with Crippen molar-refractivity contribution in [3.63, 3.8) is 0 Å². The molecule has 0 bridgehead atoms. The number of piperidine rings is 1. The molecule has 3 heterocycles. The van der Waals surface area contributed by atoms with Gasteiger partial charge >= 0.3 is 6.03 Å². The van der Waals surface area contributed by atoms with Gasteiger partial charge in [-0.2, -0.15) is 0 Å². The Morgan fingerprint density at radius 1 is 1.46 bits per heavy atom. The second-order valence-electron chi connectivity index (χ2n) is 6.89. The normalized spacial score (nSPS) is 22.6. The number of ether oxygens (including phenoxy) is 2. The fraction of sp³-hybridized carbons (Fsp3) is 0.667. The smallest absolute Gasteiger partial charge is 0.319 e. The van der Waals surface area contributed by atoms with E-state index in [1.807, 2.05) is 17.0 Å². The number of pyridine rings is 1. The molecule has 1 aromatic rings. The average Bonchev–Trinajstić information content (AvgIpc) is 2.98. The minimum absolute atomic E-state index is 0.0681. The van der Waals surface area contributed by atoms with Crippen molar-refractivity contribution < 1.29 is 14.3 Å². The van der Waals surface area contributed by atoms with Crippen molar-refractivity contribution in [2.24, 2.45) is 5.92 Å². The van der Waals surface area contributed by atoms with Gasteiger partial charge in [-0.15, -0.1) is 0 Å². The van der Waals surface area contributed by atoms with Gasteiger partial charge in [0.25, 0.3) is 0 Å². The lowest BCUT2D eigenvalue weighted by atomic mass is 9.78. The van der Waals surface area contributed by atoms with Crippen LogP contribution in [-0.4, -0.2) is 66.8 Å². The first-order chi connectivity index (χ1) is 11.6. The summed E-state index contributed by atoms with van der Waals surface area (Å²) >= 11 is 0. The molecule has 0 aliphatic carbocycles. The molecule has 2 saturated heterocycles. The van der Waals surface area contributed by atoms with Crippen molar-refractivity contribution in [3.8, 4) is 5.75 Å². The average molecular weight is 333 g/mol. The van der Waals surface area contributed by atoms with E-state index < -0.39 is 0 Å². The van der Waals surface area contributed by atoms with Gasteiger partial charge in [0.1, 0.15) is 5.75 Å². The van der Waals surface area contributed by atoms with Gasteiger partial charge in [0.15, 0.2) is 0 Å². The van der Waals surface area contributed by atoms with Gasteiger partial charge in [0, 0.05) is 40.0 Å². The molecule has 2 aliphatic heterocycles. The van der Waals surface area contributed by atoms with Crippen LogP contribution in [0.3, 0.4) is 0 Å². The number of rotatable bonds is 4. The lowest BCUT2D eigenvalue weighted by molar-refractivity contribution is -0.0643. The summed E-state index contributed by atoms with van der Waals surface area (Å²) in [4.78, 5) is 19.7. The Kier molecular flexibility index (Phi) is 5.23. The maximum Gasteiger partial charge on any atom is 0.319 e. The Morgan fingerprint density at radius 2 is 2.25 bits per heavy atom. The van der Waals surface area contributed by atoms with E-state index >= 15 is 0 Å². The zero-order chi connectivity index (χ0) is 17.0. The molecule has 6 heteroatoms. The minimum atomic E-state index is -0.0681. The van der Waals surface area contributed by atoms with Crippen LogP contribution < -0.4 is 4.74 Å². The van der Waals surface area contributed by atoms with Crippen molar-refractivity contribution in [2.45, 2.75) is 31.3 Å². The van der Waals surface area contributed by atoms with Crippen LogP contribution >= 0.6 is 0 Å². The van der Waals surface area contributed by atoms with Gasteiger partial charge in [-0.05, 0) is 43.7 Å². The molecule has 0 saturated carbocycles. The van der Waals surface area contributed by atoms with E-state index in [0.29, 0.717) is 12.5 Å². The van der Waals surface area contributed by atoms with E-state index in [-0.39, 0.29) is 11.6 Å². The van der Waals surface area contributed by atoms with Crippen molar-refractivity contribution in [1.82, 2.24) is 14.8 Å². The molecule has 2 amide bonds. The number of carbonyl (C=O) groups excluding carboxylic acids is 1. The van der Waals surface area contributed by atoms with Crippen LogP contribution in [0.1, 0.15) is 25.7 Å². The number of hydrogen-bond donors (Lipinski definition) is 0. The van der Waals surface area contributed by atoms with Crippen LogP contribution in [0.15, 0.2) is 24.5 Å². The van der Waals surface area contributed by atoms with Gasteiger partial charge in [0.2, 0.25) is 0 Å². The van der Waals surface area contributed by atoms with Gasteiger partial charge in [-0.3, -0.25) is 4.98 Å². The number of aromatic nitrogens is 1. The molecule has 0 N–H and O–H groups in total. The van der Waals surface area contributed by atoms with E-state index in [0.717, 1.165) is 51.1 Å². The van der Waals surface area contributed by atoms with Crippen molar-refractivity contribution in [2.75, 3.05) is 40.4 Å². The second kappa shape index (κ2) is 7.38. The van der Waals surface area contributed by atoms with Gasteiger partial charge < -0.3 is 19.3 Å². The van der Waals surface area contributed by atoms with E-state index in [4.69, 9.17) is 9.47 Å². The first-order valence-electron chi connectivity index (χ1n) is 8.74. The van der Waals surface area contributed by atoms with Crippen molar-refractivity contribution in [3.05, 3.63) is 24.5 Å². The molecule has 132 valence electrons. The van der Waals surface area contributed by atoms with E-state index in [9.17, 15) is 4.79 Å². The summed E-state index contributed by atoms with van der Waals surface area (Å²) in [5, 5.41) is 0. The molecular weight excluding hydrogens is 306 g/mol. The highest BCUT2D eigenvalue weighted by molar-refractivity contribution is 5.73. The summed E-state index contributed by atoms with van der Waals surface area (Å²) < 4.78 is 12.0. The molecule has 0 radical (unpaired) electrons. The summed E-state index contributed by atoms with van der Waals surface area (Å²) in [6.45, 7) is 3.05. The molecule has 2 fully saturated rings. The molecule has 3 rings (SSSR count). The third-order valence-corrected chi connectivity index (χ3v) is 5.23. The molecule has 24 heavy (non-hydrogen) atoms. The molecule has 6 nitrogen and oxygen atoms in total. The molecule has 1 aromatic heterocycles. The standard InChI is InChI=1S/C18H27N3O3/c1-20(2)17(22)21-10-7-18(8-11-21)15(6-13-24-18)5-12-23-16-4-3-9-19-14-16/h3-4,9,14-15H,5-8,10-13H2,1-2H3/t15-/m1/s1. The summed E-state index contributed by atoms with van der Waals surface area (Å²) in [5.41, 5.74) is -0.0681. The molecule has 1 spiro atoms. The summed E-state index contributed by atoms with van der Waals surface area (Å²) in [7, 11) is 3.61. The Hall–Kier alpha value is -1.82. The Morgan fingerprint density at radius 3 is 2.92 bits per heavy atom. The largest absolute Gasteiger partial charge is 0.492 e. The third kappa shape index (κ3) is 3.64. The molecule has 0 unspecified atom stereocenters. The fourth-order valence-corrected chi connectivity index (χ4v) is 3.86. The maximum absolute atomic E-state index is 12.1. The van der Waals surface area contributed by atoms with Gasteiger partial charge in [-0.25, -0.2) is 4.79 Å². The summed E-state index contributed by atoms with van der Waals surface area (Å²) in [5.74, 6) is 1.32. The monoisotopic (exact) mass is 333 g/mol. The predicted molar refractivity (Wildman–Crippen MR) is 91.0 cm³/mol. The zero-order valence-electron chi connectivity index (χ0n) is 14.6. The third-order valence-electron chi connectivity index (χ3n) is 5.23. The number of hydrogen-bond acceptors (Lipinski definition) is 4. The Labute approximate surface area is 143 Å². The van der Waals surface area contributed by atoms with Gasteiger partial charge in [0.05, 0.1) is 18.4 Å². The van der Waals surface area contributed by atoms with Crippen LogP contribution in [0.25, 0.3) is 0 Å². The van der Waals surface area contributed by atoms with Crippen LogP contribution in [0.2, 0.25) is 0 Å². The zero-order valence-corrected chi connectivity index (χ0v) is 14.6. The molecule has 2 aliphatic rings. The van der Waals surface area contributed by atoms with Crippen LogP contribution in [0, 0.1) is 5.92 Å². The predicted octanol–water partition coefficient (Wildman–Crippen LogP) is 2.40. The lowest BCUT2D eigenvalue weighted by Crippen LogP contribution is -2.51. The highest BCUT2D eigenvalue weighted by atomic mass is 16.5. The van der Waals surface area contributed by atoms with Crippen molar-refractivity contribution >= 4 is 6.03 Å². The Balaban J connectivity index is 1.51. The molecule has 1 atom stereocenters. The number of amides is 2. The highest BCUT2D eigenvalue weighted by Crippen LogP contribution is 2.42. The van der Waals surface area contributed by atoms with E-state index in [1.165, 1.54) is 0 Å². The van der Waals surface area contributed by atoms with E-state index in [1.54, 1.807) is 31.4 Å². The van der Waals surface area contributed by atoms with Crippen LogP contribution in [-0.2, 0) is 4.74 Å². The fourth-order valence-electron chi connectivity index (χ4n) is 3.86. The summed E-state index contributed by atoms with van der Waals surface area (Å²) in [6, 6.07) is 3.91. The van der Waals surface area contributed by atoms with Crippen LogP contribution in [0.4, 0.5) is 4.79 Å². The summed E-state index contributed by atoms with van der Waals surface area (Å²) in [6.07, 6.45) is 7.39. The minimum Gasteiger partial charge on any atom is -0.492 e. The number of likely N-dealkylation sites (tertiary alicyclic amines) is 1. The first kappa shape index (κ1) is 17.0. The second-order valence-corrected chi connectivity index (χ2v) is 6.89. The quantitative estimate of drug-likeness (QED) is 0.849. The number of carbonyl (C=O) groups is 1. The van der Waals surface area contributed by atoms with E-state index in [2.05, 4.69) is 4.98 Å².